The summed E-state index contributed by atoms with van der Waals surface area (Å²) < 4.78 is 16.0. The molecule has 154 valence electrons. The van der Waals surface area contributed by atoms with Crippen LogP contribution in [0, 0.1) is 0 Å². The minimum Gasteiger partial charge on any atom is -0.496 e. The molecule has 1 aromatic carbocycles. The number of carbonyl (C=O) groups excluding carboxylic acids is 2. The zero-order valence-electron chi connectivity index (χ0n) is 17.4. The molecule has 1 aromatic rings. The molecule has 6 heteroatoms. The van der Waals surface area contributed by atoms with Crippen molar-refractivity contribution in [2.24, 2.45) is 0 Å². The summed E-state index contributed by atoms with van der Waals surface area (Å²) in [6, 6.07) is 7.67. The van der Waals surface area contributed by atoms with E-state index in [-0.39, 0.29) is 18.1 Å². The molecule has 0 aliphatic carbocycles. The topological polar surface area (TPSA) is 65.1 Å². The first kappa shape index (κ1) is 21.8. The van der Waals surface area contributed by atoms with E-state index in [4.69, 9.17) is 14.2 Å². The molecule has 1 heterocycles. The number of esters is 1. The van der Waals surface area contributed by atoms with Crippen LogP contribution < -0.4 is 4.74 Å². The van der Waals surface area contributed by atoms with Crippen LogP contribution in [0.5, 0.6) is 5.75 Å². The van der Waals surface area contributed by atoms with Crippen LogP contribution in [-0.4, -0.2) is 48.9 Å². The van der Waals surface area contributed by atoms with Gasteiger partial charge in [0, 0.05) is 12.6 Å². The Morgan fingerprint density at radius 1 is 1.25 bits per heavy atom. The summed E-state index contributed by atoms with van der Waals surface area (Å²) in [5, 5.41) is 0. The van der Waals surface area contributed by atoms with Gasteiger partial charge < -0.3 is 19.1 Å². The first-order valence-corrected chi connectivity index (χ1v) is 9.72. The van der Waals surface area contributed by atoms with E-state index in [2.05, 4.69) is 6.07 Å². The molecule has 0 spiro atoms. The van der Waals surface area contributed by atoms with E-state index in [9.17, 15) is 9.59 Å². The van der Waals surface area contributed by atoms with E-state index < -0.39 is 11.6 Å². The van der Waals surface area contributed by atoms with Crippen molar-refractivity contribution >= 4 is 12.1 Å². The Labute approximate surface area is 167 Å². The lowest BCUT2D eigenvalue weighted by molar-refractivity contribution is -0.137. The molecule has 0 bridgehead atoms. The van der Waals surface area contributed by atoms with Crippen LogP contribution in [0.2, 0.25) is 0 Å². The fraction of sp³-hybridized carbons (Fsp3) is 0.545. The molecule has 1 amide bonds. The van der Waals surface area contributed by atoms with E-state index in [1.54, 1.807) is 25.0 Å². The molecule has 0 saturated carbocycles. The number of para-hydroxylation sites is 1. The van der Waals surface area contributed by atoms with Gasteiger partial charge in [-0.2, -0.15) is 0 Å². The third-order valence-corrected chi connectivity index (χ3v) is 4.59. The van der Waals surface area contributed by atoms with Crippen LogP contribution in [-0.2, 0) is 14.3 Å². The maximum absolute atomic E-state index is 12.7. The molecule has 28 heavy (non-hydrogen) atoms. The van der Waals surface area contributed by atoms with Gasteiger partial charge in [0.25, 0.3) is 0 Å². The predicted octanol–water partition coefficient (Wildman–Crippen LogP) is 4.30. The van der Waals surface area contributed by atoms with Crippen molar-refractivity contribution in [1.29, 1.82) is 0 Å². The highest BCUT2D eigenvalue weighted by atomic mass is 16.6. The minimum absolute atomic E-state index is 0.215. The standard InChI is InChI=1S/C22H31NO5/c1-6-27-20(24)12-11-17-15-16(18-9-7-8-10-19(18)26-5)13-14-23(17)21(25)28-22(2,3)4/h7-12,16-17H,6,13-15H2,1-5H3. The van der Waals surface area contributed by atoms with E-state index in [0.29, 0.717) is 19.6 Å². The number of rotatable bonds is 5. The number of hydrogen-bond donors (Lipinski definition) is 0. The second-order valence-electron chi connectivity index (χ2n) is 7.82. The molecule has 6 nitrogen and oxygen atoms in total. The Morgan fingerprint density at radius 3 is 2.61 bits per heavy atom. The number of benzene rings is 1. The van der Waals surface area contributed by atoms with Crippen molar-refractivity contribution < 1.29 is 23.8 Å². The number of hydrogen-bond acceptors (Lipinski definition) is 5. The molecule has 1 aliphatic heterocycles. The smallest absolute Gasteiger partial charge is 0.410 e. The highest BCUT2D eigenvalue weighted by molar-refractivity contribution is 5.82. The number of likely N-dealkylation sites (tertiary alicyclic amines) is 1. The van der Waals surface area contributed by atoms with E-state index >= 15 is 0 Å². The van der Waals surface area contributed by atoms with Crippen molar-refractivity contribution in [3.8, 4) is 5.75 Å². The number of ether oxygens (including phenoxy) is 3. The molecular formula is C22H31NO5. The van der Waals surface area contributed by atoms with Gasteiger partial charge in [-0.1, -0.05) is 24.3 Å². The molecule has 0 radical (unpaired) electrons. The van der Waals surface area contributed by atoms with Crippen LogP contribution in [0.4, 0.5) is 4.79 Å². The van der Waals surface area contributed by atoms with Crippen LogP contribution in [0.3, 0.4) is 0 Å². The molecule has 2 rings (SSSR count). The summed E-state index contributed by atoms with van der Waals surface area (Å²) >= 11 is 0. The van der Waals surface area contributed by atoms with Crippen molar-refractivity contribution in [2.75, 3.05) is 20.3 Å². The molecule has 2 atom stereocenters. The van der Waals surface area contributed by atoms with Crippen molar-refractivity contribution in [1.82, 2.24) is 4.90 Å². The highest BCUT2D eigenvalue weighted by Gasteiger charge is 2.34. The molecule has 1 aliphatic rings. The lowest BCUT2D eigenvalue weighted by atomic mass is 9.84. The Bertz CT molecular complexity index is 707. The summed E-state index contributed by atoms with van der Waals surface area (Å²) in [6.45, 7) is 8.14. The van der Waals surface area contributed by atoms with Gasteiger partial charge in [0.05, 0.1) is 19.8 Å². The zero-order valence-corrected chi connectivity index (χ0v) is 17.4. The Balaban J connectivity index is 2.23. The van der Waals surface area contributed by atoms with Crippen LogP contribution in [0.15, 0.2) is 36.4 Å². The average Bonchev–Trinajstić information content (AvgIpc) is 2.65. The number of methoxy groups -OCH3 is 1. The van der Waals surface area contributed by atoms with Crippen molar-refractivity contribution in [3.05, 3.63) is 42.0 Å². The largest absolute Gasteiger partial charge is 0.496 e. The number of nitrogens with zero attached hydrogens (tertiary/aromatic N) is 1. The SMILES string of the molecule is CCOC(=O)C=CC1CC(c2ccccc2OC)CCN1C(=O)OC(C)(C)C. The quantitative estimate of drug-likeness (QED) is 0.555. The maximum Gasteiger partial charge on any atom is 0.410 e. The summed E-state index contributed by atoms with van der Waals surface area (Å²) in [5.74, 6) is 0.643. The van der Waals surface area contributed by atoms with Gasteiger partial charge in [-0.05, 0) is 58.1 Å². The van der Waals surface area contributed by atoms with Gasteiger partial charge in [0.1, 0.15) is 11.4 Å². The maximum atomic E-state index is 12.7. The summed E-state index contributed by atoms with van der Waals surface area (Å²) in [7, 11) is 1.66. The highest BCUT2D eigenvalue weighted by Crippen LogP contribution is 2.37. The number of amides is 1. The summed E-state index contributed by atoms with van der Waals surface area (Å²) in [5.41, 5.74) is 0.537. The Kier molecular flexibility index (Phi) is 7.49. The van der Waals surface area contributed by atoms with Crippen LogP contribution in [0.25, 0.3) is 0 Å². The molecular weight excluding hydrogens is 358 g/mol. The van der Waals surface area contributed by atoms with Gasteiger partial charge >= 0.3 is 12.1 Å². The molecule has 1 saturated heterocycles. The Morgan fingerprint density at radius 2 is 1.96 bits per heavy atom. The first-order valence-electron chi connectivity index (χ1n) is 9.72. The van der Waals surface area contributed by atoms with Crippen molar-refractivity contribution in [2.45, 2.75) is 58.1 Å². The third kappa shape index (κ3) is 6.01. The summed E-state index contributed by atoms with van der Waals surface area (Å²) in [6.07, 6.45) is 4.24. The predicted molar refractivity (Wildman–Crippen MR) is 107 cm³/mol. The fourth-order valence-corrected chi connectivity index (χ4v) is 3.39. The van der Waals surface area contributed by atoms with Crippen LogP contribution >= 0.6 is 0 Å². The van der Waals surface area contributed by atoms with Gasteiger partial charge in [-0.25, -0.2) is 9.59 Å². The zero-order chi connectivity index (χ0) is 20.7. The molecule has 0 aromatic heterocycles. The molecule has 2 unspecified atom stereocenters. The third-order valence-electron chi connectivity index (χ3n) is 4.59. The van der Waals surface area contributed by atoms with E-state index in [1.807, 2.05) is 39.0 Å². The Hall–Kier alpha value is -2.50. The second-order valence-corrected chi connectivity index (χ2v) is 7.82. The average molecular weight is 389 g/mol. The number of carbonyl (C=O) groups is 2. The van der Waals surface area contributed by atoms with Gasteiger partial charge in [0.15, 0.2) is 0 Å². The van der Waals surface area contributed by atoms with Gasteiger partial charge in [-0.15, -0.1) is 0 Å². The first-order chi connectivity index (χ1) is 13.2. The van der Waals surface area contributed by atoms with E-state index in [1.165, 1.54) is 6.08 Å². The summed E-state index contributed by atoms with van der Waals surface area (Å²) in [4.78, 5) is 26.2. The molecule has 0 N–H and O–H groups in total. The molecule has 1 fully saturated rings. The second kappa shape index (κ2) is 9.62. The van der Waals surface area contributed by atoms with Gasteiger partial charge in [0.2, 0.25) is 0 Å². The lowest BCUT2D eigenvalue weighted by Gasteiger charge is -2.39. The minimum atomic E-state index is -0.577. The monoisotopic (exact) mass is 389 g/mol. The fourth-order valence-electron chi connectivity index (χ4n) is 3.39. The normalized spacial score (nSPS) is 20.1. The lowest BCUT2D eigenvalue weighted by Crippen LogP contribution is -2.47. The van der Waals surface area contributed by atoms with Crippen LogP contribution in [0.1, 0.15) is 52.0 Å². The number of piperidine rings is 1. The van der Waals surface area contributed by atoms with Crippen molar-refractivity contribution in [3.63, 3.8) is 0 Å². The van der Waals surface area contributed by atoms with E-state index in [0.717, 1.165) is 17.7 Å². The van der Waals surface area contributed by atoms with Gasteiger partial charge in [-0.3, -0.25) is 0 Å².